The average Bonchev–Trinajstić information content (AvgIpc) is 2.56. The monoisotopic (exact) mass is 378 g/mol. The Bertz CT molecular complexity index is 607. The van der Waals surface area contributed by atoms with Gasteiger partial charge in [-0.05, 0) is 69.1 Å². The molecule has 4 fully saturated rings. The molecule has 0 radical (unpaired) electrons. The highest BCUT2D eigenvalue weighted by Gasteiger charge is 2.50. The zero-order valence-corrected chi connectivity index (χ0v) is 15.6. The van der Waals surface area contributed by atoms with Crippen LogP contribution in [0.4, 0.5) is 0 Å². The number of hydrogen-bond acceptors (Lipinski definition) is 5. The van der Waals surface area contributed by atoms with Crippen LogP contribution < -0.4 is 21.5 Å². The summed E-state index contributed by atoms with van der Waals surface area (Å²) in [5.74, 6) is -0.564. The van der Waals surface area contributed by atoms with Crippen molar-refractivity contribution in [2.45, 2.75) is 64.0 Å². The van der Waals surface area contributed by atoms with Gasteiger partial charge in [0.15, 0.2) is 0 Å². The zero-order chi connectivity index (χ0) is 19.7. The van der Waals surface area contributed by atoms with Crippen LogP contribution in [0.25, 0.3) is 0 Å². The van der Waals surface area contributed by atoms with E-state index in [1.165, 1.54) is 13.3 Å². The second-order valence-electron chi connectivity index (χ2n) is 8.57. The molecule has 0 heterocycles. The van der Waals surface area contributed by atoms with Crippen molar-refractivity contribution in [3.8, 4) is 0 Å². The molecule has 8 nitrogen and oxygen atoms in total. The van der Waals surface area contributed by atoms with E-state index in [9.17, 15) is 24.3 Å². The highest BCUT2D eigenvalue weighted by atomic mass is 16.4. The molecule has 27 heavy (non-hydrogen) atoms. The van der Waals surface area contributed by atoms with Gasteiger partial charge in [0.05, 0.1) is 12.0 Å². The molecule has 0 aliphatic heterocycles. The fourth-order valence-electron chi connectivity index (χ4n) is 5.56. The van der Waals surface area contributed by atoms with Crippen LogP contribution in [0, 0.1) is 29.6 Å². The molecule has 0 spiro atoms. The molecule has 8 heteroatoms. The summed E-state index contributed by atoms with van der Waals surface area (Å²) in [6.45, 7) is 1.53. The van der Waals surface area contributed by atoms with Gasteiger partial charge < -0.3 is 26.3 Å². The van der Waals surface area contributed by atoms with Gasteiger partial charge >= 0.3 is 0 Å². The van der Waals surface area contributed by atoms with E-state index in [1.807, 2.05) is 0 Å². The number of amides is 3. The fraction of sp³-hybridized carbons (Fsp3) is 0.789. The Balaban J connectivity index is 1.53. The molecule has 0 saturated heterocycles. The number of carbonyl (C=O) groups is 4. The van der Waals surface area contributed by atoms with E-state index in [4.69, 9.17) is 5.73 Å². The van der Waals surface area contributed by atoms with Crippen LogP contribution in [-0.4, -0.2) is 35.8 Å². The van der Waals surface area contributed by atoms with Gasteiger partial charge in [-0.1, -0.05) is 0 Å². The van der Waals surface area contributed by atoms with E-state index in [0.29, 0.717) is 11.8 Å². The van der Waals surface area contributed by atoms with Crippen LogP contribution in [0.3, 0.4) is 0 Å². The van der Waals surface area contributed by atoms with E-state index >= 15 is 0 Å². The molecule has 4 bridgehead atoms. The highest BCUT2D eigenvalue weighted by molar-refractivity contribution is 5.90. The van der Waals surface area contributed by atoms with Gasteiger partial charge in [-0.25, -0.2) is 0 Å². The number of hydrogen-bond donors (Lipinski definition) is 3. The van der Waals surface area contributed by atoms with Crippen molar-refractivity contribution >= 4 is 23.7 Å². The third-order valence-electron chi connectivity index (χ3n) is 6.56. The Morgan fingerprint density at radius 3 is 2.04 bits per heavy atom. The lowest BCUT2D eigenvalue weighted by molar-refractivity contribution is -0.308. The maximum absolute atomic E-state index is 12.8. The number of nitrogens with two attached hydrogens (primary N) is 1. The summed E-state index contributed by atoms with van der Waals surface area (Å²) in [4.78, 5) is 47.1. The number of rotatable bonds is 8. The maximum atomic E-state index is 12.8. The summed E-state index contributed by atoms with van der Waals surface area (Å²) in [5.41, 5.74) is 5.02. The molecule has 3 amide bonds. The molecule has 4 rings (SSSR count). The van der Waals surface area contributed by atoms with Crippen molar-refractivity contribution in [3.05, 3.63) is 0 Å². The molecule has 4 N–H and O–H groups in total. The van der Waals surface area contributed by atoms with E-state index in [1.54, 1.807) is 0 Å². The molecule has 2 atom stereocenters. The van der Waals surface area contributed by atoms with Crippen LogP contribution in [0.15, 0.2) is 0 Å². The number of carbonyl (C=O) groups excluding carboxylic acids is 4. The van der Waals surface area contributed by atoms with Crippen molar-refractivity contribution in [2.24, 2.45) is 35.3 Å². The third kappa shape index (κ3) is 4.42. The average molecular weight is 378 g/mol. The topological polar surface area (TPSA) is 141 Å². The fourth-order valence-corrected chi connectivity index (χ4v) is 5.56. The van der Waals surface area contributed by atoms with Crippen molar-refractivity contribution < 1.29 is 24.3 Å². The number of aliphatic carboxylic acids is 1. The first-order valence-corrected chi connectivity index (χ1v) is 9.84. The first-order chi connectivity index (χ1) is 12.7. The quantitative estimate of drug-likeness (QED) is 0.500. The normalized spacial score (nSPS) is 33.1. The van der Waals surface area contributed by atoms with Gasteiger partial charge in [0.1, 0.15) is 6.04 Å². The summed E-state index contributed by atoms with van der Waals surface area (Å²) in [6.07, 6.45) is 5.40. The summed E-state index contributed by atoms with van der Waals surface area (Å²) < 4.78 is 0. The predicted molar refractivity (Wildman–Crippen MR) is 93.5 cm³/mol. The van der Waals surface area contributed by atoms with E-state index in [0.717, 1.165) is 37.5 Å². The van der Waals surface area contributed by atoms with Crippen molar-refractivity contribution in [3.63, 3.8) is 0 Å². The Morgan fingerprint density at radius 2 is 1.56 bits per heavy atom. The standard InChI is InChI=1S/C19H29N3O5/c1-9(17(24)22-14(19(26)27)2-3-15(20)23)21-18(25)16-12-5-10-4-11(7-12)8-13(16)6-10/h9-14,16H,2-8H2,1H3,(H2,20,23)(H,21,25)(H,22,24)(H,26,27)/p-1/t9-,10?,11?,12?,13?,14-,16?/m0/s1. The smallest absolute Gasteiger partial charge is 0.242 e. The highest BCUT2D eigenvalue weighted by Crippen LogP contribution is 2.56. The lowest BCUT2D eigenvalue weighted by Gasteiger charge is -2.53. The minimum atomic E-state index is -1.48. The molecule has 0 aromatic carbocycles. The van der Waals surface area contributed by atoms with Crippen LogP contribution in [0.1, 0.15) is 51.9 Å². The van der Waals surface area contributed by atoms with Gasteiger partial charge in [-0.15, -0.1) is 0 Å². The largest absolute Gasteiger partial charge is 0.548 e. The second-order valence-corrected chi connectivity index (χ2v) is 8.57. The van der Waals surface area contributed by atoms with Crippen LogP contribution in [-0.2, 0) is 19.2 Å². The second kappa shape index (κ2) is 7.86. The van der Waals surface area contributed by atoms with E-state index in [-0.39, 0.29) is 24.7 Å². The lowest BCUT2D eigenvalue weighted by atomic mass is 9.51. The van der Waals surface area contributed by atoms with Crippen molar-refractivity contribution in [2.75, 3.05) is 0 Å². The predicted octanol–water partition coefficient (Wildman–Crippen LogP) is -0.936. The molecule has 4 aliphatic rings. The lowest BCUT2D eigenvalue weighted by Crippen LogP contribution is -2.56. The number of carboxylic acids is 1. The van der Waals surface area contributed by atoms with E-state index in [2.05, 4.69) is 10.6 Å². The van der Waals surface area contributed by atoms with Crippen molar-refractivity contribution in [1.29, 1.82) is 0 Å². The minimum Gasteiger partial charge on any atom is -0.548 e. The van der Waals surface area contributed by atoms with Gasteiger partial charge in [0, 0.05) is 12.3 Å². The zero-order valence-electron chi connectivity index (χ0n) is 15.6. The molecule has 0 aromatic heterocycles. The molecule has 4 saturated carbocycles. The molecule has 0 unspecified atom stereocenters. The summed E-state index contributed by atoms with van der Waals surface area (Å²) >= 11 is 0. The van der Waals surface area contributed by atoms with Crippen molar-refractivity contribution in [1.82, 2.24) is 10.6 Å². The molecular formula is C19H28N3O5-. The first kappa shape index (κ1) is 19.6. The maximum Gasteiger partial charge on any atom is 0.242 e. The third-order valence-corrected chi connectivity index (χ3v) is 6.56. The van der Waals surface area contributed by atoms with Gasteiger partial charge in [0.25, 0.3) is 0 Å². The number of primary amides is 1. The Kier molecular flexibility index (Phi) is 5.72. The molecule has 150 valence electrons. The number of nitrogens with one attached hydrogen (secondary N) is 2. The van der Waals surface area contributed by atoms with Crippen LogP contribution in [0.5, 0.6) is 0 Å². The summed E-state index contributed by atoms with van der Waals surface area (Å²) in [7, 11) is 0. The molecule has 0 aromatic rings. The molecule has 4 aliphatic carbocycles. The van der Waals surface area contributed by atoms with E-state index < -0.39 is 29.9 Å². The SMILES string of the molecule is C[C@H](NC(=O)C1C2CC3CC(C2)CC1C3)C(=O)N[C@@H](CCC(N)=O)C(=O)[O-]. The Morgan fingerprint density at radius 1 is 1.00 bits per heavy atom. The van der Waals surface area contributed by atoms with Gasteiger partial charge in [-0.3, -0.25) is 14.4 Å². The van der Waals surface area contributed by atoms with Gasteiger partial charge in [-0.2, -0.15) is 0 Å². The van der Waals surface area contributed by atoms with Crippen LogP contribution in [0.2, 0.25) is 0 Å². The number of carboxylic acid groups (broad SMARTS) is 1. The minimum absolute atomic E-state index is 0.0418. The Hall–Kier alpha value is -2.12. The van der Waals surface area contributed by atoms with Crippen LogP contribution >= 0.6 is 0 Å². The molecular weight excluding hydrogens is 350 g/mol. The summed E-state index contributed by atoms with van der Waals surface area (Å²) in [6, 6.07) is -2.17. The first-order valence-electron chi connectivity index (χ1n) is 9.84. The van der Waals surface area contributed by atoms with Gasteiger partial charge in [0.2, 0.25) is 17.7 Å². The summed E-state index contributed by atoms with van der Waals surface area (Å²) in [5, 5.41) is 16.2. The Labute approximate surface area is 158 Å².